The third kappa shape index (κ3) is 14.1. The van der Waals surface area contributed by atoms with Crippen LogP contribution in [-0.4, -0.2) is 48.3 Å². The van der Waals surface area contributed by atoms with Gasteiger partial charge < -0.3 is 22.0 Å². The van der Waals surface area contributed by atoms with Gasteiger partial charge in [0.25, 0.3) is 0 Å². The number of quaternary nitrogens is 1. The zero-order valence-corrected chi connectivity index (χ0v) is 17.0. The van der Waals surface area contributed by atoms with Gasteiger partial charge in [-0.15, -0.1) is 11.6 Å². The number of halogens is 2. The fourth-order valence-corrected chi connectivity index (χ4v) is 3.22. The van der Waals surface area contributed by atoms with E-state index in [1.807, 2.05) is 6.92 Å². The molecule has 2 nitrogen and oxygen atoms in total. The van der Waals surface area contributed by atoms with Crippen molar-refractivity contribution in [2.45, 2.75) is 95.6 Å². The van der Waals surface area contributed by atoms with Crippen LogP contribution < -0.4 is 12.4 Å². The standard InChI is InChI=1S/C18H39ClNO.ClH/c1-6-7-8-9-10-11-12-13-17(19)15-18(14-16(2)21)20(3,4)5;/h16-18,21H,6-15H2,1-5H3;1H/q+1;/p-1. The summed E-state index contributed by atoms with van der Waals surface area (Å²) in [5.74, 6) is 0. The van der Waals surface area contributed by atoms with Crippen LogP contribution in [0.2, 0.25) is 0 Å². The highest BCUT2D eigenvalue weighted by Crippen LogP contribution is 2.22. The van der Waals surface area contributed by atoms with Crippen LogP contribution in [0.3, 0.4) is 0 Å². The first-order chi connectivity index (χ1) is 9.77. The highest BCUT2D eigenvalue weighted by molar-refractivity contribution is 6.20. The topological polar surface area (TPSA) is 20.2 Å². The molecule has 0 heterocycles. The predicted octanol–water partition coefficient (Wildman–Crippen LogP) is 1.97. The molecule has 0 bridgehead atoms. The third-order valence-electron chi connectivity index (χ3n) is 4.36. The number of hydrogen-bond donors (Lipinski definition) is 1. The second-order valence-electron chi connectivity index (χ2n) is 7.60. The first kappa shape index (κ1) is 24.7. The Balaban J connectivity index is 0. The Morgan fingerprint density at radius 1 is 0.909 bits per heavy atom. The van der Waals surface area contributed by atoms with Crippen molar-refractivity contribution in [1.82, 2.24) is 0 Å². The molecule has 4 heteroatoms. The summed E-state index contributed by atoms with van der Waals surface area (Å²) in [6.07, 6.45) is 12.1. The normalized spacial score (nSPS) is 16.0. The number of nitrogens with zero attached hydrogens (tertiary/aromatic N) is 1. The van der Waals surface area contributed by atoms with E-state index >= 15 is 0 Å². The van der Waals surface area contributed by atoms with Gasteiger partial charge in [-0.3, -0.25) is 0 Å². The third-order valence-corrected chi connectivity index (χ3v) is 4.75. The van der Waals surface area contributed by atoms with Gasteiger partial charge >= 0.3 is 0 Å². The lowest BCUT2D eigenvalue weighted by Crippen LogP contribution is -3.00. The molecular weight excluding hydrogens is 317 g/mol. The first-order valence-electron chi connectivity index (χ1n) is 8.90. The number of unbranched alkanes of at least 4 members (excludes halogenated alkanes) is 6. The minimum atomic E-state index is -0.241. The summed E-state index contributed by atoms with van der Waals surface area (Å²) in [5, 5.41) is 9.91. The highest BCUT2D eigenvalue weighted by Gasteiger charge is 2.27. The van der Waals surface area contributed by atoms with Crippen LogP contribution in [0.15, 0.2) is 0 Å². The van der Waals surface area contributed by atoms with Gasteiger partial charge in [0.2, 0.25) is 0 Å². The maximum atomic E-state index is 9.66. The van der Waals surface area contributed by atoms with Gasteiger partial charge in [-0.25, -0.2) is 0 Å². The van der Waals surface area contributed by atoms with E-state index < -0.39 is 0 Å². The van der Waals surface area contributed by atoms with Gasteiger partial charge in [0, 0.05) is 18.2 Å². The average molecular weight is 356 g/mol. The Morgan fingerprint density at radius 2 is 1.41 bits per heavy atom. The summed E-state index contributed by atoms with van der Waals surface area (Å²) in [7, 11) is 6.60. The van der Waals surface area contributed by atoms with Gasteiger partial charge in [0.1, 0.15) is 0 Å². The summed E-state index contributed by atoms with van der Waals surface area (Å²) in [4.78, 5) is 0. The predicted molar refractivity (Wildman–Crippen MR) is 95.0 cm³/mol. The number of hydrogen-bond acceptors (Lipinski definition) is 1. The molecule has 0 rings (SSSR count). The molecule has 0 saturated carbocycles. The molecule has 136 valence electrons. The second-order valence-corrected chi connectivity index (χ2v) is 8.21. The lowest BCUT2D eigenvalue weighted by atomic mass is 9.98. The molecule has 0 aliphatic carbocycles. The molecule has 1 N–H and O–H groups in total. The van der Waals surface area contributed by atoms with E-state index in [0.717, 1.165) is 23.7 Å². The Kier molecular flexibility index (Phi) is 15.6. The summed E-state index contributed by atoms with van der Waals surface area (Å²) < 4.78 is 0.880. The van der Waals surface area contributed by atoms with Crippen molar-refractivity contribution in [1.29, 1.82) is 0 Å². The zero-order valence-electron chi connectivity index (χ0n) is 15.5. The van der Waals surface area contributed by atoms with Gasteiger partial charge in [0.05, 0.1) is 33.3 Å². The van der Waals surface area contributed by atoms with Crippen LogP contribution >= 0.6 is 11.6 Å². The quantitative estimate of drug-likeness (QED) is 0.304. The number of aliphatic hydroxyl groups is 1. The van der Waals surface area contributed by atoms with E-state index in [2.05, 4.69) is 28.1 Å². The van der Waals surface area contributed by atoms with Crippen LogP contribution in [-0.2, 0) is 0 Å². The number of alkyl halides is 1. The maximum absolute atomic E-state index is 9.66. The Hall–Kier alpha value is 0.500. The minimum Gasteiger partial charge on any atom is -1.00 e. The number of rotatable bonds is 13. The molecule has 0 aliphatic rings. The zero-order chi connectivity index (χ0) is 16.3. The van der Waals surface area contributed by atoms with Crippen molar-refractivity contribution >= 4 is 11.6 Å². The van der Waals surface area contributed by atoms with Crippen LogP contribution in [0.1, 0.15) is 78.1 Å². The maximum Gasteiger partial charge on any atom is 0.0923 e. The van der Waals surface area contributed by atoms with Crippen molar-refractivity contribution in [2.24, 2.45) is 0 Å². The van der Waals surface area contributed by atoms with Gasteiger partial charge in [-0.1, -0.05) is 51.9 Å². The largest absolute Gasteiger partial charge is 1.00 e. The van der Waals surface area contributed by atoms with Crippen LogP contribution in [0.5, 0.6) is 0 Å². The van der Waals surface area contributed by atoms with Crippen LogP contribution in [0.25, 0.3) is 0 Å². The number of aliphatic hydroxyl groups excluding tert-OH is 1. The Morgan fingerprint density at radius 3 is 1.86 bits per heavy atom. The monoisotopic (exact) mass is 355 g/mol. The van der Waals surface area contributed by atoms with E-state index in [-0.39, 0.29) is 23.9 Å². The van der Waals surface area contributed by atoms with Crippen molar-refractivity contribution in [3.8, 4) is 0 Å². The van der Waals surface area contributed by atoms with E-state index in [4.69, 9.17) is 11.6 Å². The molecule has 0 fully saturated rings. The average Bonchev–Trinajstić information content (AvgIpc) is 2.35. The summed E-state index contributed by atoms with van der Waals surface area (Å²) in [6.45, 7) is 4.14. The molecule has 0 aromatic heterocycles. The smallest absolute Gasteiger partial charge is 0.0923 e. The van der Waals surface area contributed by atoms with Gasteiger partial charge in [-0.05, 0) is 13.3 Å². The molecule has 0 aliphatic heterocycles. The van der Waals surface area contributed by atoms with E-state index in [1.54, 1.807) is 0 Å². The molecule has 0 spiro atoms. The van der Waals surface area contributed by atoms with Crippen molar-refractivity contribution in [2.75, 3.05) is 21.1 Å². The molecule has 3 atom stereocenters. The first-order valence-corrected chi connectivity index (χ1v) is 9.34. The lowest BCUT2D eigenvalue weighted by molar-refractivity contribution is -0.897. The fraction of sp³-hybridized carbons (Fsp3) is 1.00. The SMILES string of the molecule is CCCCCCCCCC(Cl)CC(CC(C)O)[N+](C)(C)C.[Cl-]. The summed E-state index contributed by atoms with van der Waals surface area (Å²) in [6, 6.07) is 0.442. The second kappa shape index (κ2) is 13.9. The highest BCUT2D eigenvalue weighted by atomic mass is 35.5. The van der Waals surface area contributed by atoms with Crippen molar-refractivity contribution in [3.63, 3.8) is 0 Å². The molecule has 0 amide bonds. The molecule has 0 saturated heterocycles. The van der Waals surface area contributed by atoms with Gasteiger partial charge in [-0.2, -0.15) is 0 Å². The van der Waals surface area contributed by atoms with Crippen LogP contribution in [0.4, 0.5) is 0 Å². The molecule has 0 radical (unpaired) electrons. The van der Waals surface area contributed by atoms with E-state index in [9.17, 15) is 5.11 Å². The van der Waals surface area contributed by atoms with E-state index in [1.165, 1.54) is 44.9 Å². The van der Waals surface area contributed by atoms with Crippen molar-refractivity contribution in [3.05, 3.63) is 0 Å². The Bertz CT molecular complexity index is 242. The molecule has 3 unspecified atom stereocenters. The molecule has 0 aromatic rings. The van der Waals surface area contributed by atoms with E-state index in [0.29, 0.717) is 6.04 Å². The molecule has 22 heavy (non-hydrogen) atoms. The summed E-state index contributed by atoms with van der Waals surface area (Å²) >= 11 is 6.54. The van der Waals surface area contributed by atoms with Crippen LogP contribution in [0, 0.1) is 0 Å². The van der Waals surface area contributed by atoms with Crippen molar-refractivity contribution < 1.29 is 22.0 Å². The van der Waals surface area contributed by atoms with Gasteiger partial charge in [0.15, 0.2) is 0 Å². The Labute approximate surface area is 150 Å². The minimum absolute atomic E-state index is 0. The summed E-state index contributed by atoms with van der Waals surface area (Å²) in [5.41, 5.74) is 0. The molecular formula is C18H39Cl2NO. The fourth-order valence-electron chi connectivity index (χ4n) is 2.86. The molecule has 0 aromatic carbocycles. The lowest BCUT2D eigenvalue weighted by Gasteiger charge is -2.36.